The van der Waals surface area contributed by atoms with Crippen molar-refractivity contribution in [3.63, 3.8) is 0 Å². The number of nitrogens with zero attached hydrogens (tertiary/aromatic N) is 3. The largest absolute Gasteiger partial charge is 0.481 e. The van der Waals surface area contributed by atoms with Crippen LogP contribution in [0.5, 0.6) is 0 Å². The van der Waals surface area contributed by atoms with Crippen LogP contribution >= 0.6 is 0 Å². The average molecular weight is 353 g/mol. The smallest absolute Gasteiger partial charge is 0.433 e. The van der Waals surface area contributed by atoms with Gasteiger partial charge in [0.05, 0.1) is 17.4 Å². The van der Waals surface area contributed by atoms with Gasteiger partial charge in [0.1, 0.15) is 17.6 Å². The summed E-state index contributed by atoms with van der Waals surface area (Å²) in [5, 5.41) is 17.9. The number of nitriles is 1. The minimum absolute atomic E-state index is 0.366. The lowest BCUT2D eigenvalue weighted by molar-refractivity contribution is -0.187. The van der Waals surface area contributed by atoms with E-state index < -0.39 is 54.8 Å². The monoisotopic (exact) mass is 353 g/mol. The van der Waals surface area contributed by atoms with Gasteiger partial charge in [0.2, 0.25) is 0 Å². The van der Waals surface area contributed by atoms with Crippen molar-refractivity contribution in [3.8, 4) is 6.07 Å². The highest BCUT2D eigenvalue weighted by atomic mass is 19.4. The van der Waals surface area contributed by atoms with Crippen LogP contribution in [0.3, 0.4) is 0 Å². The number of carbonyl (C=O) groups is 1. The van der Waals surface area contributed by atoms with Crippen LogP contribution in [0, 0.1) is 23.2 Å². The predicted octanol–water partition coefficient (Wildman–Crippen LogP) is 2.67. The van der Waals surface area contributed by atoms with Gasteiger partial charge in [-0.05, 0) is 12.1 Å². The normalized spacial score (nSPS) is 21.6. The molecule has 0 unspecified atom stereocenters. The minimum Gasteiger partial charge on any atom is -0.481 e. The number of aliphatic carboxylic acids is 1. The molecule has 1 aromatic rings. The van der Waals surface area contributed by atoms with Gasteiger partial charge >= 0.3 is 18.3 Å². The Bertz CT molecular complexity index is 694. The van der Waals surface area contributed by atoms with E-state index in [2.05, 4.69) is 4.98 Å². The van der Waals surface area contributed by atoms with E-state index in [1.807, 2.05) is 0 Å². The summed E-state index contributed by atoms with van der Waals surface area (Å²) < 4.78 is 77.0. The third-order valence-electron chi connectivity index (χ3n) is 3.64. The summed E-state index contributed by atoms with van der Waals surface area (Å²) in [6.07, 6.45) is -9.69. The molecule has 2 rings (SSSR count). The highest BCUT2D eigenvalue weighted by molar-refractivity contribution is 5.73. The Hall–Kier alpha value is -2.51. The lowest BCUT2D eigenvalue weighted by Gasteiger charge is -2.20. The van der Waals surface area contributed by atoms with Gasteiger partial charge in [0.15, 0.2) is 0 Å². The topological polar surface area (TPSA) is 77.2 Å². The van der Waals surface area contributed by atoms with E-state index in [0.29, 0.717) is 6.07 Å². The number of anilines is 1. The van der Waals surface area contributed by atoms with Gasteiger partial charge in [-0.2, -0.15) is 31.6 Å². The molecule has 0 spiro atoms. The summed E-state index contributed by atoms with van der Waals surface area (Å²) in [6, 6.07) is 2.88. The molecule has 0 aromatic carbocycles. The standard InChI is InChI=1S/C13H9F6N3O2/c14-12(15,16)8-5-22(4-7(8)11(23)24)10-6(3-20)1-2-9(21-10)13(17,18)19/h1-2,7-8H,4-5H2,(H,23,24)/t7-,8-/m1/s1. The molecule has 1 saturated heterocycles. The van der Waals surface area contributed by atoms with Gasteiger partial charge < -0.3 is 10.0 Å². The summed E-state index contributed by atoms with van der Waals surface area (Å²) in [7, 11) is 0. The molecule has 0 radical (unpaired) electrons. The van der Waals surface area contributed by atoms with Crippen LogP contribution < -0.4 is 4.90 Å². The number of hydrogen-bond acceptors (Lipinski definition) is 4. The maximum Gasteiger partial charge on any atom is 0.433 e. The number of pyridine rings is 1. The highest BCUT2D eigenvalue weighted by Gasteiger charge is 2.53. The van der Waals surface area contributed by atoms with Crippen molar-refractivity contribution < 1.29 is 36.2 Å². The number of aromatic nitrogens is 1. The Morgan fingerprint density at radius 2 is 1.88 bits per heavy atom. The summed E-state index contributed by atoms with van der Waals surface area (Å²) in [6.45, 7) is -1.58. The zero-order chi connectivity index (χ0) is 18.3. The number of carboxylic acid groups (broad SMARTS) is 1. The van der Waals surface area contributed by atoms with Crippen LogP contribution in [0.4, 0.5) is 32.2 Å². The maximum atomic E-state index is 13.0. The van der Waals surface area contributed by atoms with E-state index >= 15 is 0 Å². The predicted molar refractivity (Wildman–Crippen MR) is 66.8 cm³/mol. The second-order valence-electron chi connectivity index (χ2n) is 5.18. The Kier molecular flexibility index (Phi) is 4.34. The summed E-state index contributed by atoms with van der Waals surface area (Å²) in [5.74, 6) is -6.44. The first-order chi connectivity index (χ1) is 10.9. The van der Waals surface area contributed by atoms with Crippen LogP contribution in [0.15, 0.2) is 12.1 Å². The molecular weight excluding hydrogens is 344 g/mol. The number of hydrogen-bond donors (Lipinski definition) is 1. The Morgan fingerprint density at radius 3 is 2.29 bits per heavy atom. The second-order valence-corrected chi connectivity index (χ2v) is 5.18. The Balaban J connectivity index is 2.45. The SMILES string of the molecule is N#Cc1ccc(C(F)(F)F)nc1N1C[C@@H](C(F)(F)F)[C@H](C(=O)O)C1. The molecular formula is C13H9F6N3O2. The van der Waals surface area contributed by atoms with Gasteiger partial charge in [0.25, 0.3) is 0 Å². The molecule has 1 aromatic heterocycles. The van der Waals surface area contributed by atoms with Gasteiger partial charge in [-0.25, -0.2) is 4.98 Å². The molecule has 11 heteroatoms. The van der Waals surface area contributed by atoms with Crippen molar-refractivity contribution in [1.29, 1.82) is 5.26 Å². The molecule has 130 valence electrons. The van der Waals surface area contributed by atoms with Crippen LogP contribution in [0.25, 0.3) is 0 Å². The molecule has 1 aliphatic rings. The molecule has 5 nitrogen and oxygen atoms in total. The zero-order valence-corrected chi connectivity index (χ0v) is 11.7. The Morgan fingerprint density at radius 1 is 1.25 bits per heavy atom. The van der Waals surface area contributed by atoms with Crippen molar-refractivity contribution in [2.24, 2.45) is 11.8 Å². The number of halogens is 6. The van der Waals surface area contributed by atoms with Crippen LogP contribution in [-0.2, 0) is 11.0 Å². The van der Waals surface area contributed by atoms with Gasteiger partial charge in [-0.15, -0.1) is 0 Å². The van der Waals surface area contributed by atoms with E-state index in [1.54, 1.807) is 6.07 Å². The van der Waals surface area contributed by atoms with Gasteiger partial charge in [0, 0.05) is 13.1 Å². The molecule has 1 N–H and O–H groups in total. The Labute approximate surface area is 131 Å². The third-order valence-corrected chi connectivity index (χ3v) is 3.64. The van der Waals surface area contributed by atoms with Crippen molar-refractivity contribution >= 4 is 11.8 Å². The molecule has 0 bridgehead atoms. The van der Waals surface area contributed by atoms with E-state index in [9.17, 15) is 31.1 Å². The zero-order valence-electron chi connectivity index (χ0n) is 11.7. The molecule has 0 saturated carbocycles. The van der Waals surface area contributed by atoms with Crippen LogP contribution in [-0.4, -0.2) is 35.3 Å². The molecule has 1 fully saturated rings. The van der Waals surface area contributed by atoms with Gasteiger partial charge in [-0.1, -0.05) is 0 Å². The van der Waals surface area contributed by atoms with Crippen LogP contribution in [0.1, 0.15) is 11.3 Å². The fourth-order valence-corrected chi connectivity index (χ4v) is 2.49. The average Bonchev–Trinajstić information content (AvgIpc) is 2.91. The molecule has 2 atom stereocenters. The van der Waals surface area contributed by atoms with E-state index in [1.165, 1.54) is 0 Å². The minimum atomic E-state index is -4.85. The second kappa shape index (κ2) is 5.85. The highest BCUT2D eigenvalue weighted by Crippen LogP contribution is 2.40. The molecule has 2 heterocycles. The lowest BCUT2D eigenvalue weighted by Crippen LogP contribution is -2.33. The van der Waals surface area contributed by atoms with Gasteiger partial charge in [-0.3, -0.25) is 4.79 Å². The van der Waals surface area contributed by atoms with Crippen molar-refractivity contribution in [2.45, 2.75) is 12.4 Å². The molecule has 24 heavy (non-hydrogen) atoms. The van der Waals surface area contributed by atoms with Crippen molar-refractivity contribution in [3.05, 3.63) is 23.4 Å². The van der Waals surface area contributed by atoms with Crippen molar-refractivity contribution in [1.82, 2.24) is 4.98 Å². The number of rotatable bonds is 2. The number of carboxylic acids is 1. The first-order valence-corrected chi connectivity index (χ1v) is 6.48. The lowest BCUT2D eigenvalue weighted by atomic mass is 9.96. The van der Waals surface area contributed by atoms with E-state index in [-0.39, 0.29) is 5.56 Å². The first kappa shape index (κ1) is 17.8. The van der Waals surface area contributed by atoms with E-state index in [4.69, 9.17) is 10.4 Å². The fraction of sp³-hybridized carbons (Fsp3) is 0.462. The number of alkyl halides is 6. The van der Waals surface area contributed by atoms with Crippen LogP contribution in [0.2, 0.25) is 0 Å². The summed E-state index contributed by atoms with van der Waals surface area (Å²) in [4.78, 5) is 15.0. The molecule has 0 aliphatic carbocycles. The molecule has 1 aliphatic heterocycles. The quantitative estimate of drug-likeness (QED) is 0.828. The molecule has 0 amide bonds. The fourth-order valence-electron chi connectivity index (χ4n) is 2.49. The maximum absolute atomic E-state index is 13.0. The van der Waals surface area contributed by atoms with E-state index in [0.717, 1.165) is 11.0 Å². The summed E-state index contributed by atoms with van der Waals surface area (Å²) >= 11 is 0. The van der Waals surface area contributed by atoms with Crippen molar-refractivity contribution in [2.75, 3.05) is 18.0 Å². The summed E-state index contributed by atoms with van der Waals surface area (Å²) in [5.41, 5.74) is -1.74. The first-order valence-electron chi connectivity index (χ1n) is 6.48. The third kappa shape index (κ3) is 3.37.